The number of fused-ring (bicyclic) bond motifs is 2. The van der Waals surface area contributed by atoms with Crippen LogP contribution in [0.15, 0.2) is 0 Å². The van der Waals surface area contributed by atoms with Crippen molar-refractivity contribution in [1.82, 2.24) is 10.2 Å². The fourth-order valence-corrected chi connectivity index (χ4v) is 5.71. The highest BCUT2D eigenvalue weighted by atomic mass is 32.2. The molecule has 0 saturated heterocycles. The van der Waals surface area contributed by atoms with Gasteiger partial charge in [0.15, 0.2) is 0 Å². The van der Waals surface area contributed by atoms with Crippen molar-refractivity contribution in [2.45, 2.75) is 58.5 Å². The van der Waals surface area contributed by atoms with Crippen LogP contribution in [0.3, 0.4) is 0 Å². The van der Waals surface area contributed by atoms with E-state index in [1.807, 2.05) is 18.7 Å². The zero-order valence-corrected chi connectivity index (χ0v) is 15.7. The Labute approximate surface area is 141 Å². The molecule has 5 atom stereocenters. The van der Waals surface area contributed by atoms with E-state index in [0.29, 0.717) is 12.5 Å². The Kier molecular flexibility index (Phi) is 6.11. The van der Waals surface area contributed by atoms with Gasteiger partial charge in [0.1, 0.15) is 9.84 Å². The highest BCUT2D eigenvalue weighted by Crippen LogP contribution is 2.49. The Morgan fingerprint density at radius 1 is 1.26 bits per heavy atom. The second-order valence-electron chi connectivity index (χ2n) is 7.70. The van der Waals surface area contributed by atoms with Crippen molar-refractivity contribution in [3.8, 4) is 0 Å². The number of sulfone groups is 1. The lowest BCUT2D eigenvalue weighted by Gasteiger charge is -2.31. The molecule has 0 radical (unpaired) electrons. The smallest absolute Gasteiger partial charge is 0.234 e. The molecule has 1 N–H and O–H groups in total. The van der Waals surface area contributed by atoms with Gasteiger partial charge in [-0.25, -0.2) is 8.42 Å². The average molecular weight is 345 g/mol. The fourth-order valence-electron chi connectivity index (χ4n) is 4.62. The van der Waals surface area contributed by atoms with Gasteiger partial charge in [0.05, 0.1) is 12.3 Å². The first-order valence-electron chi connectivity index (χ1n) is 8.90. The number of amides is 1. The molecule has 6 heteroatoms. The maximum absolute atomic E-state index is 12.4. The summed E-state index contributed by atoms with van der Waals surface area (Å²) in [6.07, 6.45) is 6.54. The normalized spacial score (nSPS) is 29.7. The first-order valence-corrected chi connectivity index (χ1v) is 11.0. The maximum Gasteiger partial charge on any atom is 0.234 e. The van der Waals surface area contributed by atoms with Gasteiger partial charge in [0, 0.05) is 18.3 Å². The Morgan fingerprint density at radius 2 is 1.96 bits per heavy atom. The van der Waals surface area contributed by atoms with Gasteiger partial charge in [0.25, 0.3) is 0 Å². The van der Waals surface area contributed by atoms with Crippen LogP contribution in [-0.4, -0.2) is 56.4 Å². The van der Waals surface area contributed by atoms with E-state index in [0.717, 1.165) is 11.8 Å². The molecular weight excluding hydrogens is 312 g/mol. The quantitative estimate of drug-likeness (QED) is 0.727. The van der Waals surface area contributed by atoms with Crippen molar-refractivity contribution in [2.75, 3.05) is 25.1 Å². The van der Waals surface area contributed by atoms with Crippen LogP contribution in [0.2, 0.25) is 0 Å². The van der Waals surface area contributed by atoms with Crippen LogP contribution in [0.5, 0.6) is 0 Å². The number of carbonyl (C=O) groups excluding carboxylic acids is 1. The van der Waals surface area contributed by atoms with E-state index >= 15 is 0 Å². The van der Waals surface area contributed by atoms with Gasteiger partial charge in [-0.1, -0.05) is 13.3 Å². The highest BCUT2D eigenvalue weighted by molar-refractivity contribution is 7.90. The Balaban J connectivity index is 1.82. The Morgan fingerprint density at radius 3 is 2.43 bits per heavy atom. The summed E-state index contributed by atoms with van der Waals surface area (Å²) in [5.74, 6) is 2.41. The van der Waals surface area contributed by atoms with Crippen LogP contribution in [0, 0.1) is 17.8 Å². The summed E-state index contributed by atoms with van der Waals surface area (Å²) in [5.41, 5.74) is 0. The molecule has 0 aromatic carbocycles. The molecule has 0 aromatic rings. The number of hydrogen-bond acceptors (Lipinski definition) is 4. The van der Waals surface area contributed by atoms with Crippen molar-refractivity contribution in [2.24, 2.45) is 17.8 Å². The average Bonchev–Trinajstić information content (AvgIpc) is 3.05. The third kappa shape index (κ3) is 5.18. The molecule has 0 heterocycles. The van der Waals surface area contributed by atoms with Gasteiger partial charge < -0.3 is 5.32 Å². The number of likely N-dealkylation sites (N-methyl/N-ethyl adjacent to an activating group) is 1. The molecule has 2 aliphatic carbocycles. The van der Waals surface area contributed by atoms with E-state index in [1.54, 1.807) is 0 Å². The predicted molar refractivity (Wildman–Crippen MR) is 93.0 cm³/mol. The second-order valence-corrected chi connectivity index (χ2v) is 9.88. The summed E-state index contributed by atoms with van der Waals surface area (Å²) in [6, 6.07) is 0.0836. The first kappa shape index (κ1) is 18.7. The molecular formula is C17H32N2O3S. The minimum absolute atomic E-state index is 0.0162. The summed E-state index contributed by atoms with van der Waals surface area (Å²) in [4.78, 5) is 14.3. The summed E-state index contributed by atoms with van der Waals surface area (Å²) in [7, 11) is -3.03. The first-order chi connectivity index (χ1) is 10.7. The van der Waals surface area contributed by atoms with Gasteiger partial charge in [-0.05, 0) is 57.4 Å². The molecule has 0 aliphatic heterocycles. The third-order valence-corrected chi connectivity index (χ3v) is 6.83. The van der Waals surface area contributed by atoms with Gasteiger partial charge in [-0.3, -0.25) is 9.69 Å². The number of nitrogens with one attached hydrogen (secondary N) is 1. The van der Waals surface area contributed by atoms with Crippen molar-refractivity contribution in [3.05, 3.63) is 0 Å². The van der Waals surface area contributed by atoms with E-state index < -0.39 is 9.84 Å². The standard InChI is InChI=1S/C17H32N2O3S/c1-5-19(12(2)11-23(4,21)22)10-17(20)18-13(3)16-9-14-6-7-15(16)8-14/h12-16H,5-11H2,1-4H3,(H,18,20)/t12-,13-,14+,15+,16+/m1/s1. The van der Waals surface area contributed by atoms with Gasteiger partial charge >= 0.3 is 0 Å². The zero-order valence-electron chi connectivity index (χ0n) is 14.9. The topological polar surface area (TPSA) is 66.5 Å². The highest BCUT2D eigenvalue weighted by Gasteiger charge is 2.42. The summed E-state index contributed by atoms with van der Waals surface area (Å²) in [6.45, 7) is 6.91. The number of carbonyl (C=O) groups is 1. The predicted octanol–water partition coefficient (Wildman–Crippen LogP) is 1.68. The van der Waals surface area contributed by atoms with Crippen molar-refractivity contribution < 1.29 is 13.2 Å². The summed E-state index contributed by atoms with van der Waals surface area (Å²) in [5, 5.41) is 3.16. The van der Waals surface area contributed by atoms with E-state index in [1.165, 1.54) is 31.9 Å². The molecule has 1 amide bonds. The second kappa shape index (κ2) is 7.51. The maximum atomic E-state index is 12.4. The lowest BCUT2D eigenvalue weighted by molar-refractivity contribution is -0.123. The lowest BCUT2D eigenvalue weighted by atomic mass is 9.84. The zero-order chi connectivity index (χ0) is 17.2. The number of rotatable bonds is 8. The summed E-state index contributed by atoms with van der Waals surface area (Å²) >= 11 is 0. The van der Waals surface area contributed by atoms with Crippen LogP contribution in [0.1, 0.15) is 46.5 Å². The van der Waals surface area contributed by atoms with Crippen LogP contribution in [-0.2, 0) is 14.6 Å². The molecule has 2 aliphatic rings. The minimum Gasteiger partial charge on any atom is -0.352 e. The molecule has 5 nitrogen and oxygen atoms in total. The SMILES string of the molecule is CCN(CC(=O)N[C@H](C)[C@@H]1C[C@H]2CC[C@H]1C2)[C@H](C)CS(C)(=O)=O. The molecule has 2 saturated carbocycles. The summed E-state index contributed by atoms with van der Waals surface area (Å²) < 4.78 is 22.9. The van der Waals surface area contributed by atoms with Gasteiger partial charge in [-0.2, -0.15) is 0 Å². The molecule has 0 unspecified atom stereocenters. The van der Waals surface area contributed by atoms with Gasteiger partial charge in [0.2, 0.25) is 5.91 Å². The van der Waals surface area contributed by atoms with Crippen molar-refractivity contribution >= 4 is 15.7 Å². The van der Waals surface area contributed by atoms with E-state index in [4.69, 9.17) is 0 Å². The lowest BCUT2D eigenvalue weighted by Crippen LogP contribution is -2.48. The monoisotopic (exact) mass is 344 g/mol. The largest absolute Gasteiger partial charge is 0.352 e. The van der Waals surface area contributed by atoms with Crippen LogP contribution in [0.25, 0.3) is 0 Å². The molecule has 2 rings (SSSR count). The molecule has 2 bridgehead atoms. The fraction of sp³-hybridized carbons (Fsp3) is 0.941. The molecule has 2 fully saturated rings. The van der Waals surface area contributed by atoms with Crippen LogP contribution < -0.4 is 5.32 Å². The van der Waals surface area contributed by atoms with Crippen molar-refractivity contribution in [1.29, 1.82) is 0 Å². The van der Waals surface area contributed by atoms with Gasteiger partial charge in [-0.15, -0.1) is 0 Å². The van der Waals surface area contributed by atoms with Crippen LogP contribution in [0.4, 0.5) is 0 Å². The van der Waals surface area contributed by atoms with E-state index in [2.05, 4.69) is 12.2 Å². The third-order valence-electron chi connectivity index (χ3n) is 5.74. The Hall–Kier alpha value is -0.620. The molecule has 0 aromatic heterocycles. The molecule has 23 heavy (non-hydrogen) atoms. The molecule has 0 spiro atoms. The molecule has 134 valence electrons. The van der Waals surface area contributed by atoms with Crippen LogP contribution >= 0.6 is 0 Å². The van der Waals surface area contributed by atoms with E-state index in [9.17, 15) is 13.2 Å². The van der Waals surface area contributed by atoms with E-state index in [-0.39, 0.29) is 30.3 Å². The Bertz CT molecular complexity index is 520. The number of hydrogen-bond donors (Lipinski definition) is 1. The number of nitrogens with zero attached hydrogens (tertiary/aromatic N) is 1. The van der Waals surface area contributed by atoms with Crippen molar-refractivity contribution in [3.63, 3.8) is 0 Å². The minimum atomic E-state index is -3.03.